The predicted molar refractivity (Wildman–Crippen MR) is 53.4 cm³/mol. The monoisotopic (exact) mass is 214 g/mol. The van der Waals surface area contributed by atoms with Gasteiger partial charge in [-0.25, -0.2) is 0 Å². The molecule has 0 spiro atoms. The minimum atomic E-state index is -0.840. The van der Waals surface area contributed by atoms with Crippen LogP contribution in [0.25, 0.3) is 0 Å². The molecule has 0 bridgehead atoms. The van der Waals surface area contributed by atoms with Crippen LogP contribution in [0.15, 0.2) is 6.20 Å². The molecule has 0 aliphatic carbocycles. The van der Waals surface area contributed by atoms with Gasteiger partial charge in [-0.15, -0.1) is 0 Å². The van der Waals surface area contributed by atoms with E-state index in [0.29, 0.717) is 5.69 Å². The minimum absolute atomic E-state index is 0.112. The molecule has 0 amide bonds. The highest BCUT2D eigenvalue weighted by Gasteiger charge is 2.35. The van der Waals surface area contributed by atoms with E-state index in [1.165, 1.54) is 10.9 Å². The van der Waals surface area contributed by atoms with E-state index in [0.717, 1.165) is 0 Å². The fourth-order valence-corrected chi connectivity index (χ4v) is 1.50. The Balaban J connectivity index is 3.33. The van der Waals surface area contributed by atoms with E-state index < -0.39 is 10.3 Å². The van der Waals surface area contributed by atoms with Gasteiger partial charge in [0, 0.05) is 13.6 Å². The predicted octanol–water partition coefficient (Wildman–Crippen LogP) is -0.463. The lowest BCUT2D eigenvalue weighted by Crippen LogP contribution is -2.38. The molecule has 1 atom stereocenters. The molecule has 1 aromatic heterocycles. The topological polar surface area (TPSA) is 107 Å². The lowest BCUT2D eigenvalue weighted by atomic mass is 9.87. The van der Waals surface area contributed by atoms with Gasteiger partial charge < -0.3 is 10.8 Å². The molecule has 0 aliphatic heterocycles. The van der Waals surface area contributed by atoms with E-state index in [4.69, 9.17) is 5.73 Å². The van der Waals surface area contributed by atoms with Crippen LogP contribution in [0, 0.1) is 10.1 Å². The van der Waals surface area contributed by atoms with Crippen molar-refractivity contribution in [2.45, 2.75) is 12.3 Å². The van der Waals surface area contributed by atoms with Crippen LogP contribution in [0.4, 0.5) is 5.69 Å². The first kappa shape index (κ1) is 11.6. The quantitative estimate of drug-likeness (QED) is 0.520. The molecule has 1 unspecified atom stereocenters. The minimum Gasteiger partial charge on any atom is -0.395 e. The van der Waals surface area contributed by atoms with Crippen molar-refractivity contribution in [3.05, 3.63) is 22.0 Å². The summed E-state index contributed by atoms with van der Waals surface area (Å²) < 4.78 is 1.38. The average molecular weight is 214 g/mol. The fourth-order valence-electron chi connectivity index (χ4n) is 1.50. The van der Waals surface area contributed by atoms with Gasteiger partial charge in [0.2, 0.25) is 0 Å². The van der Waals surface area contributed by atoms with Crippen molar-refractivity contribution in [1.29, 1.82) is 0 Å². The van der Waals surface area contributed by atoms with Crippen LogP contribution < -0.4 is 5.73 Å². The maximum atomic E-state index is 10.7. The van der Waals surface area contributed by atoms with Gasteiger partial charge in [0.15, 0.2) is 0 Å². The van der Waals surface area contributed by atoms with Crippen LogP contribution in [0.5, 0.6) is 0 Å². The number of aromatic nitrogens is 2. The second kappa shape index (κ2) is 3.95. The van der Waals surface area contributed by atoms with Crippen LogP contribution >= 0.6 is 0 Å². The number of nitro groups is 1. The Morgan fingerprint density at radius 2 is 2.40 bits per heavy atom. The molecule has 84 valence electrons. The van der Waals surface area contributed by atoms with Gasteiger partial charge in [0.05, 0.1) is 16.9 Å². The second-order valence-electron chi connectivity index (χ2n) is 3.68. The Bertz CT molecular complexity index is 370. The van der Waals surface area contributed by atoms with Gasteiger partial charge in [-0.05, 0) is 0 Å². The molecule has 15 heavy (non-hydrogen) atoms. The van der Waals surface area contributed by atoms with E-state index in [1.54, 1.807) is 14.0 Å². The normalized spacial score (nSPS) is 14.9. The van der Waals surface area contributed by atoms with Gasteiger partial charge in [-0.2, -0.15) is 5.10 Å². The van der Waals surface area contributed by atoms with Crippen LogP contribution in [-0.4, -0.2) is 33.0 Å². The Labute approximate surface area is 86.7 Å². The standard InChI is InChI=1S/C8H14N4O3/c1-8(4-9,5-13)7-6(12(14)15)3-10-11(7)2/h3,13H,4-5,9H2,1-2H3. The summed E-state index contributed by atoms with van der Waals surface area (Å²) in [5, 5.41) is 23.8. The summed E-state index contributed by atoms with van der Waals surface area (Å²) in [6.07, 6.45) is 1.17. The smallest absolute Gasteiger partial charge is 0.310 e. The molecular formula is C8H14N4O3. The largest absolute Gasteiger partial charge is 0.395 e. The highest BCUT2D eigenvalue weighted by atomic mass is 16.6. The molecular weight excluding hydrogens is 200 g/mol. The van der Waals surface area contributed by atoms with Crippen molar-refractivity contribution >= 4 is 5.69 Å². The van der Waals surface area contributed by atoms with Gasteiger partial charge >= 0.3 is 5.69 Å². The van der Waals surface area contributed by atoms with Crippen molar-refractivity contribution < 1.29 is 10.0 Å². The fraction of sp³-hybridized carbons (Fsp3) is 0.625. The molecule has 0 radical (unpaired) electrons. The van der Waals surface area contributed by atoms with E-state index in [9.17, 15) is 15.2 Å². The Morgan fingerprint density at radius 3 is 2.80 bits per heavy atom. The van der Waals surface area contributed by atoms with Crippen molar-refractivity contribution in [3.8, 4) is 0 Å². The van der Waals surface area contributed by atoms with E-state index >= 15 is 0 Å². The van der Waals surface area contributed by atoms with Crippen LogP contribution in [0.3, 0.4) is 0 Å². The number of aryl methyl sites for hydroxylation is 1. The molecule has 0 aromatic carbocycles. The van der Waals surface area contributed by atoms with Gasteiger partial charge in [0.25, 0.3) is 0 Å². The third-order valence-electron chi connectivity index (χ3n) is 2.49. The average Bonchev–Trinajstić information content (AvgIpc) is 2.60. The number of aliphatic hydroxyl groups is 1. The maximum absolute atomic E-state index is 10.7. The van der Waals surface area contributed by atoms with E-state index in [-0.39, 0.29) is 18.8 Å². The second-order valence-corrected chi connectivity index (χ2v) is 3.68. The van der Waals surface area contributed by atoms with Crippen molar-refractivity contribution in [3.63, 3.8) is 0 Å². The number of hydrogen-bond donors (Lipinski definition) is 2. The summed E-state index contributed by atoms with van der Waals surface area (Å²) >= 11 is 0. The molecule has 1 aromatic rings. The van der Waals surface area contributed by atoms with Gasteiger partial charge in [0.1, 0.15) is 11.9 Å². The van der Waals surface area contributed by atoms with E-state index in [1.807, 2.05) is 0 Å². The van der Waals surface area contributed by atoms with Crippen molar-refractivity contribution in [2.24, 2.45) is 12.8 Å². The number of nitrogens with zero attached hydrogens (tertiary/aromatic N) is 3. The van der Waals surface area contributed by atoms with Gasteiger partial charge in [-0.3, -0.25) is 14.8 Å². The number of rotatable bonds is 4. The first-order valence-electron chi connectivity index (χ1n) is 4.44. The van der Waals surface area contributed by atoms with E-state index in [2.05, 4.69) is 5.10 Å². The zero-order valence-corrected chi connectivity index (χ0v) is 8.67. The highest BCUT2D eigenvalue weighted by molar-refractivity contribution is 5.39. The molecule has 0 saturated heterocycles. The first-order chi connectivity index (χ1) is 6.96. The van der Waals surface area contributed by atoms with Crippen LogP contribution in [0.2, 0.25) is 0 Å². The summed E-state index contributed by atoms with van der Waals surface area (Å²) in [7, 11) is 1.59. The number of aliphatic hydroxyl groups excluding tert-OH is 1. The lowest BCUT2D eigenvalue weighted by molar-refractivity contribution is -0.386. The zero-order chi connectivity index (χ0) is 11.6. The SMILES string of the molecule is Cn1ncc([N+](=O)[O-])c1C(C)(CN)CO. The number of nitrogens with two attached hydrogens (primary N) is 1. The van der Waals surface area contributed by atoms with Crippen molar-refractivity contribution in [2.75, 3.05) is 13.2 Å². The molecule has 0 saturated carbocycles. The van der Waals surface area contributed by atoms with Crippen LogP contribution in [-0.2, 0) is 12.5 Å². The summed E-state index contributed by atoms with van der Waals surface area (Å²) in [5.41, 5.74) is 4.92. The Kier molecular flexibility index (Phi) is 3.06. The molecule has 1 heterocycles. The third-order valence-corrected chi connectivity index (χ3v) is 2.49. The van der Waals surface area contributed by atoms with Gasteiger partial charge in [-0.1, -0.05) is 6.92 Å². The number of hydrogen-bond acceptors (Lipinski definition) is 5. The molecule has 0 fully saturated rings. The Morgan fingerprint density at radius 1 is 1.80 bits per heavy atom. The molecule has 0 aliphatic rings. The lowest BCUT2D eigenvalue weighted by Gasteiger charge is -2.24. The first-order valence-corrected chi connectivity index (χ1v) is 4.44. The molecule has 7 nitrogen and oxygen atoms in total. The maximum Gasteiger partial charge on any atom is 0.310 e. The summed E-state index contributed by atoms with van der Waals surface area (Å²) in [5.74, 6) is 0. The highest BCUT2D eigenvalue weighted by Crippen LogP contribution is 2.29. The molecule has 1 rings (SSSR count). The summed E-state index contributed by atoms with van der Waals surface area (Å²) in [6, 6.07) is 0. The third kappa shape index (κ3) is 1.83. The summed E-state index contributed by atoms with van der Waals surface area (Å²) in [6.45, 7) is 1.52. The molecule has 7 heteroatoms. The summed E-state index contributed by atoms with van der Waals surface area (Å²) in [4.78, 5) is 10.2. The van der Waals surface area contributed by atoms with Crippen LogP contribution in [0.1, 0.15) is 12.6 Å². The zero-order valence-electron chi connectivity index (χ0n) is 8.67. The van der Waals surface area contributed by atoms with Crippen molar-refractivity contribution in [1.82, 2.24) is 9.78 Å². The Hall–Kier alpha value is -1.47. The molecule has 3 N–H and O–H groups in total.